The van der Waals surface area contributed by atoms with Crippen molar-refractivity contribution in [1.29, 1.82) is 5.41 Å². The highest BCUT2D eigenvalue weighted by Crippen LogP contribution is 2.29. The zero-order chi connectivity index (χ0) is 24.9. The maximum absolute atomic E-state index is 14.3. The first-order valence-electron chi connectivity index (χ1n) is 9.77. The van der Waals surface area contributed by atoms with Crippen molar-refractivity contribution in [3.8, 4) is 5.75 Å². The number of ether oxygens (including phenoxy) is 2. The summed E-state index contributed by atoms with van der Waals surface area (Å²) < 4.78 is 86.8. The summed E-state index contributed by atoms with van der Waals surface area (Å²) >= 11 is 0. The Hall–Kier alpha value is -3.61. The number of hydrogen-bond donors (Lipinski definition) is 2. The molecule has 1 fully saturated rings. The Morgan fingerprint density at radius 3 is 2.62 bits per heavy atom. The van der Waals surface area contributed by atoms with Crippen LogP contribution in [-0.2, 0) is 4.74 Å². The van der Waals surface area contributed by atoms with Crippen molar-refractivity contribution in [2.75, 3.05) is 24.6 Å². The Morgan fingerprint density at radius 1 is 1.29 bits per heavy atom. The minimum Gasteiger partial charge on any atom is -0.435 e. The van der Waals surface area contributed by atoms with Crippen molar-refractivity contribution < 1.29 is 35.8 Å². The summed E-state index contributed by atoms with van der Waals surface area (Å²) in [4.78, 5) is 9.09. The van der Waals surface area contributed by atoms with Crippen molar-refractivity contribution >= 4 is 29.1 Å². The molecule has 0 saturated carbocycles. The quantitative estimate of drug-likeness (QED) is 0.345. The van der Waals surface area contributed by atoms with Crippen LogP contribution in [0.2, 0.25) is 0 Å². The molecular weight excluding hydrogens is 468 g/mol. The third-order valence-electron chi connectivity index (χ3n) is 4.70. The molecule has 2 heterocycles. The number of rotatable bonds is 7. The summed E-state index contributed by atoms with van der Waals surface area (Å²) in [6, 6.07) is 6.55. The van der Waals surface area contributed by atoms with Gasteiger partial charge in [0.1, 0.15) is 23.1 Å². The number of alkyl halides is 5. The number of aromatic nitrogens is 1. The number of nitrogens with zero attached hydrogens (tertiary/aromatic N) is 3. The maximum atomic E-state index is 14.3. The van der Waals surface area contributed by atoms with Gasteiger partial charge in [0, 0.05) is 24.4 Å². The molecule has 34 heavy (non-hydrogen) atoms. The molecule has 3 rings (SSSR count). The highest BCUT2D eigenvalue weighted by molar-refractivity contribution is 6.16. The number of morpholine rings is 1. The first kappa shape index (κ1) is 25.0. The smallest absolute Gasteiger partial charge is 0.416 e. The lowest BCUT2D eigenvalue weighted by atomic mass is 10.1. The van der Waals surface area contributed by atoms with Gasteiger partial charge in [-0.15, -0.1) is 0 Å². The third-order valence-corrected chi connectivity index (χ3v) is 4.70. The largest absolute Gasteiger partial charge is 0.435 e. The lowest BCUT2D eigenvalue weighted by Gasteiger charge is -2.34. The molecule has 182 valence electrons. The highest BCUT2D eigenvalue weighted by Gasteiger charge is 2.43. The lowest BCUT2D eigenvalue weighted by Crippen LogP contribution is -2.49. The fourth-order valence-electron chi connectivity index (χ4n) is 3.10. The second kappa shape index (κ2) is 10.5. The third kappa shape index (κ3) is 6.47. The topological polar surface area (TPSA) is 96.8 Å². The van der Waals surface area contributed by atoms with Gasteiger partial charge in [0.25, 0.3) is 0 Å². The maximum Gasteiger partial charge on any atom is 0.416 e. The number of nitrogens with two attached hydrogens (primary N) is 1. The van der Waals surface area contributed by atoms with Crippen molar-refractivity contribution in [2.45, 2.75) is 18.9 Å². The fraction of sp³-hybridized carbons (Fsp3) is 0.286. The minimum atomic E-state index is -4.55. The van der Waals surface area contributed by atoms with Gasteiger partial charge in [0.05, 0.1) is 19.3 Å². The monoisotopic (exact) mass is 487 g/mol. The molecule has 2 aromatic rings. The lowest BCUT2D eigenvalue weighted by molar-refractivity contribution is -0.221. The number of benzene rings is 1. The second-order valence-electron chi connectivity index (χ2n) is 7.02. The number of halogens is 6. The van der Waals surface area contributed by atoms with Crippen LogP contribution in [0.3, 0.4) is 0 Å². The van der Waals surface area contributed by atoms with Gasteiger partial charge in [-0.1, -0.05) is 12.1 Å². The van der Waals surface area contributed by atoms with Gasteiger partial charge in [0.2, 0.25) is 0 Å². The van der Waals surface area contributed by atoms with E-state index in [0.717, 1.165) is 18.5 Å². The van der Waals surface area contributed by atoms with Crippen molar-refractivity contribution in [3.05, 3.63) is 54.0 Å². The average Bonchev–Trinajstić information content (AvgIpc) is 2.79. The zero-order valence-electron chi connectivity index (χ0n) is 17.4. The molecular formula is C21H19F6N5O2. The molecule has 0 amide bonds. The van der Waals surface area contributed by atoms with Crippen molar-refractivity contribution in [2.24, 2.45) is 10.7 Å². The van der Waals surface area contributed by atoms with Crippen LogP contribution < -0.4 is 15.4 Å². The van der Waals surface area contributed by atoms with Crippen LogP contribution in [0.15, 0.2) is 47.6 Å². The van der Waals surface area contributed by atoms with Gasteiger partial charge in [-0.05, 0) is 23.8 Å². The summed E-state index contributed by atoms with van der Waals surface area (Å²) in [5.41, 5.74) is 6.27. The summed E-state index contributed by atoms with van der Waals surface area (Å²) in [5, 5.41) is 7.57. The molecule has 3 N–H and O–H groups in total. The van der Waals surface area contributed by atoms with Crippen LogP contribution in [0.4, 0.5) is 37.8 Å². The van der Waals surface area contributed by atoms with E-state index in [1.165, 1.54) is 35.2 Å². The van der Waals surface area contributed by atoms with Crippen LogP contribution in [0.5, 0.6) is 5.75 Å². The van der Waals surface area contributed by atoms with E-state index in [4.69, 9.17) is 15.9 Å². The predicted molar refractivity (Wildman–Crippen MR) is 113 cm³/mol. The van der Waals surface area contributed by atoms with E-state index in [1.807, 2.05) is 0 Å². The van der Waals surface area contributed by atoms with E-state index >= 15 is 0 Å². The number of pyridine rings is 1. The molecule has 13 heteroatoms. The highest BCUT2D eigenvalue weighted by atomic mass is 19.4. The molecule has 1 saturated heterocycles. The number of nitrogens with one attached hydrogen (secondary N) is 1. The van der Waals surface area contributed by atoms with E-state index in [2.05, 4.69) is 14.7 Å². The van der Waals surface area contributed by atoms with Crippen molar-refractivity contribution in [1.82, 2.24) is 4.98 Å². The number of aliphatic imine (C=N–C) groups is 1. The van der Waals surface area contributed by atoms with Gasteiger partial charge in [-0.25, -0.2) is 14.4 Å². The Bertz CT molecular complexity index is 1070. The van der Waals surface area contributed by atoms with Crippen LogP contribution in [0.1, 0.15) is 5.56 Å². The van der Waals surface area contributed by atoms with Crippen LogP contribution in [0, 0.1) is 11.2 Å². The summed E-state index contributed by atoms with van der Waals surface area (Å²) in [6.45, 7) is -3.56. The molecule has 1 unspecified atom stereocenters. The van der Waals surface area contributed by atoms with Gasteiger partial charge in [-0.2, -0.15) is 22.0 Å². The van der Waals surface area contributed by atoms with Crippen LogP contribution >= 0.6 is 0 Å². The Morgan fingerprint density at radius 2 is 2.00 bits per heavy atom. The molecule has 0 bridgehead atoms. The zero-order valence-corrected chi connectivity index (χ0v) is 17.4. The van der Waals surface area contributed by atoms with Gasteiger partial charge in [0.15, 0.2) is 11.9 Å². The fourth-order valence-corrected chi connectivity index (χ4v) is 3.10. The molecule has 0 radical (unpaired) electrons. The summed E-state index contributed by atoms with van der Waals surface area (Å²) in [7, 11) is 0. The molecule has 1 atom stereocenters. The van der Waals surface area contributed by atoms with E-state index in [1.54, 1.807) is 0 Å². The summed E-state index contributed by atoms with van der Waals surface area (Å²) in [6.07, 6.45) is -3.54. The number of hydrogen-bond acceptors (Lipinski definition) is 6. The van der Waals surface area contributed by atoms with Gasteiger partial charge in [-0.3, -0.25) is 0 Å². The molecule has 1 aromatic carbocycles. The molecule has 1 aromatic heterocycles. The molecule has 0 aliphatic carbocycles. The number of amidine groups is 1. The van der Waals surface area contributed by atoms with Gasteiger partial charge < -0.3 is 25.5 Å². The predicted octanol–water partition coefficient (Wildman–Crippen LogP) is 4.31. The standard InChI is InChI=1S/C21H19F6N5O2/c22-15-10-30-19(32-5-6-33-17(11-32)21(25,26)27)8-16(15)31-18(29)7-13(9-28)12-1-3-14(4-2-12)34-20(23)24/h1-4,7-10,17,20,28H,5-6,11H2,(H2,29,30,31)/b13-7+,28-9?. The first-order valence-corrected chi connectivity index (χ1v) is 9.77. The van der Waals surface area contributed by atoms with Crippen LogP contribution in [0.25, 0.3) is 5.57 Å². The molecule has 0 spiro atoms. The average molecular weight is 487 g/mol. The summed E-state index contributed by atoms with van der Waals surface area (Å²) in [5.74, 6) is -1.08. The molecule has 1 aliphatic rings. The second-order valence-corrected chi connectivity index (χ2v) is 7.02. The number of anilines is 1. The molecule has 1 aliphatic heterocycles. The Kier molecular flexibility index (Phi) is 7.76. The van der Waals surface area contributed by atoms with Crippen LogP contribution in [-0.4, -0.2) is 55.6 Å². The SMILES string of the molecule is N=C/C(=C\C(N)=Nc1cc(N2CCOC(C(F)(F)F)C2)ncc1F)c1ccc(OC(F)F)cc1. The van der Waals surface area contributed by atoms with E-state index in [-0.39, 0.29) is 41.8 Å². The van der Waals surface area contributed by atoms with E-state index in [0.29, 0.717) is 5.56 Å². The molecule has 7 nitrogen and oxygen atoms in total. The van der Waals surface area contributed by atoms with Gasteiger partial charge >= 0.3 is 12.8 Å². The first-order chi connectivity index (χ1) is 16.1. The van der Waals surface area contributed by atoms with E-state index < -0.39 is 31.3 Å². The normalized spacial score (nSPS) is 17.7. The van der Waals surface area contributed by atoms with Crippen molar-refractivity contribution in [3.63, 3.8) is 0 Å². The number of allylic oxidation sites excluding steroid dienone is 1. The van der Waals surface area contributed by atoms with E-state index in [9.17, 15) is 26.3 Å². The Labute approximate surface area is 190 Å². The Balaban J connectivity index is 1.82. The minimum absolute atomic E-state index is 0.0661.